The number of nitrogens with two attached hydrogens (primary N) is 1. The fraction of sp³-hybridized carbons (Fsp3) is 0.222. The third-order valence-electron chi connectivity index (χ3n) is 3.53. The van der Waals surface area contributed by atoms with Crippen LogP contribution < -0.4 is 20.7 Å². The van der Waals surface area contributed by atoms with Crippen LogP contribution in [0.2, 0.25) is 5.02 Å². The van der Waals surface area contributed by atoms with Gasteiger partial charge in [0.25, 0.3) is 5.91 Å². The molecular weight excluding hydrogens is 342 g/mol. The first-order valence-electron chi connectivity index (χ1n) is 7.83. The Bertz CT molecular complexity index is 717. The zero-order valence-electron chi connectivity index (χ0n) is 13.9. The molecule has 0 saturated heterocycles. The van der Waals surface area contributed by atoms with Crippen LogP contribution in [0.4, 0.5) is 5.69 Å². The molecule has 4 N–H and O–H groups in total. The van der Waals surface area contributed by atoms with Crippen LogP contribution in [0.5, 0.6) is 5.75 Å². The van der Waals surface area contributed by atoms with Gasteiger partial charge in [-0.15, -0.1) is 0 Å². The summed E-state index contributed by atoms with van der Waals surface area (Å²) in [6, 6.07) is 13.6. The van der Waals surface area contributed by atoms with E-state index in [1.54, 1.807) is 48.5 Å². The zero-order chi connectivity index (χ0) is 18.2. The summed E-state index contributed by atoms with van der Waals surface area (Å²) in [7, 11) is 1.92. The molecule has 1 unspecified atom stereocenters. The van der Waals surface area contributed by atoms with Crippen molar-refractivity contribution >= 4 is 29.1 Å². The van der Waals surface area contributed by atoms with Crippen molar-refractivity contribution in [2.24, 2.45) is 5.73 Å². The van der Waals surface area contributed by atoms with Crippen molar-refractivity contribution in [2.75, 3.05) is 32.1 Å². The molecule has 0 heterocycles. The molecule has 2 aromatic carbocycles. The SMILES string of the molecule is C[NH+](CCOc1ccc(Cl)cc1)CC(=O)Nc1ccc(C(N)=O)cc1. The minimum Gasteiger partial charge on any atom is -0.488 e. The number of carbonyl (C=O) groups is 2. The van der Waals surface area contributed by atoms with Gasteiger partial charge in [0, 0.05) is 16.3 Å². The van der Waals surface area contributed by atoms with E-state index in [0.29, 0.717) is 36.0 Å². The second kappa shape index (κ2) is 9.05. The molecule has 0 saturated carbocycles. The van der Waals surface area contributed by atoms with Gasteiger partial charge in [-0.05, 0) is 48.5 Å². The van der Waals surface area contributed by atoms with E-state index in [9.17, 15) is 9.59 Å². The summed E-state index contributed by atoms with van der Waals surface area (Å²) in [6.07, 6.45) is 0. The van der Waals surface area contributed by atoms with Crippen molar-refractivity contribution in [1.82, 2.24) is 0 Å². The number of rotatable bonds is 8. The van der Waals surface area contributed by atoms with Gasteiger partial charge < -0.3 is 20.7 Å². The number of quaternary nitrogens is 1. The Morgan fingerprint density at radius 1 is 1.12 bits per heavy atom. The Balaban J connectivity index is 1.72. The largest absolute Gasteiger partial charge is 0.488 e. The Morgan fingerprint density at radius 2 is 1.76 bits per heavy atom. The Kier molecular flexibility index (Phi) is 6.80. The average Bonchev–Trinajstić information content (AvgIpc) is 2.57. The van der Waals surface area contributed by atoms with E-state index in [2.05, 4.69) is 5.32 Å². The molecule has 0 spiro atoms. The number of ether oxygens (including phenoxy) is 1. The summed E-state index contributed by atoms with van der Waals surface area (Å²) in [5, 5.41) is 3.45. The maximum atomic E-state index is 12.0. The van der Waals surface area contributed by atoms with Gasteiger partial charge in [-0.25, -0.2) is 0 Å². The highest BCUT2D eigenvalue weighted by atomic mass is 35.5. The molecule has 0 bridgehead atoms. The van der Waals surface area contributed by atoms with Gasteiger partial charge >= 0.3 is 0 Å². The summed E-state index contributed by atoms with van der Waals surface area (Å²) in [6.45, 7) is 1.48. The van der Waals surface area contributed by atoms with Crippen LogP contribution >= 0.6 is 11.6 Å². The first-order chi connectivity index (χ1) is 11.9. The van der Waals surface area contributed by atoms with E-state index in [4.69, 9.17) is 22.1 Å². The predicted octanol–water partition coefficient (Wildman–Crippen LogP) is 0.971. The molecule has 2 rings (SSSR count). The van der Waals surface area contributed by atoms with E-state index in [1.165, 1.54) is 0 Å². The average molecular weight is 363 g/mol. The fourth-order valence-corrected chi connectivity index (χ4v) is 2.29. The number of hydrogen-bond donors (Lipinski definition) is 3. The molecule has 25 heavy (non-hydrogen) atoms. The lowest BCUT2D eigenvalue weighted by atomic mass is 10.2. The fourth-order valence-electron chi connectivity index (χ4n) is 2.16. The number of carbonyl (C=O) groups excluding carboxylic acids is 2. The lowest BCUT2D eigenvalue weighted by Gasteiger charge is -2.14. The van der Waals surface area contributed by atoms with Crippen molar-refractivity contribution in [1.29, 1.82) is 0 Å². The summed E-state index contributed by atoms with van der Waals surface area (Å²) in [4.78, 5) is 24.1. The number of likely N-dealkylation sites (N-methyl/N-ethyl adjacent to an activating group) is 1. The lowest BCUT2D eigenvalue weighted by Crippen LogP contribution is -3.10. The quantitative estimate of drug-likeness (QED) is 0.654. The van der Waals surface area contributed by atoms with E-state index < -0.39 is 5.91 Å². The van der Waals surface area contributed by atoms with E-state index in [0.717, 1.165) is 10.6 Å². The van der Waals surface area contributed by atoms with Gasteiger partial charge in [-0.1, -0.05) is 11.6 Å². The lowest BCUT2D eigenvalue weighted by molar-refractivity contribution is -0.871. The van der Waals surface area contributed by atoms with Gasteiger partial charge in [0.05, 0.1) is 7.05 Å². The van der Waals surface area contributed by atoms with Gasteiger partial charge in [-0.3, -0.25) is 9.59 Å². The predicted molar refractivity (Wildman–Crippen MR) is 97.2 cm³/mol. The molecule has 0 radical (unpaired) electrons. The molecule has 0 fully saturated rings. The molecule has 2 amide bonds. The highest BCUT2D eigenvalue weighted by Crippen LogP contribution is 2.15. The first kappa shape index (κ1) is 18.8. The topological polar surface area (TPSA) is 85.9 Å². The summed E-state index contributed by atoms with van der Waals surface area (Å²) in [5.41, 5.74) is 6.21. The van der Waals surface area contributed by atoms with Crippen LogP contribution in [-0.2, 0) is 4.79 Å². The molecule has 0 aliphatic rings. The summed E-state index contributed by atoms with van der Waals surface area (Å²) >= 11 is 5.82. The van der Waals surface area contributed by atoms with Gasteiger partial charge in [-0.2, -0.15) is 0 Å². The highest BCUT2D eigenvalue weighted by Gasteiger charge is 2.10. The van der Waals surface area contributed by atoms with E-state index >= 15 is 0 Å². The van der Waals surface area contributed by atoms with Crippen molar-refractivity contribution in [3.05, 3.63) is 59.1 Å². The Morgan fingerprint density at radius 3 is 2.36 bits per heavy atom. The second-order valence-electron chi connectivity index (χ2n) is 5.68. The van der Waals surface area contributed by atoms with Crippen LogP contribution in [0.3, 0.4) is 0 Å². The summed E-state index contributed by atoms with van der Waals surface area (Å²) in [5.74, 6) is 0.134. The van der Waals surface area contributed by atoms with Crippen molar-refractivity contribution in [2.45, 2.75) is 0 Å². The number of hydrogen-bond acceptors (Lipinski definition) is 3. The Labute approximate surface area is 151 Å². The molecule has 132 valence electrons. The molecule has 1 atom stereocenters. The first-order valence-corrected chi connectivity index (χ1v) is 8.21. The van der Waals surface area contributed by atoms with Crippen LogP contribution in [-0.4, -0.2) is 38.6 Å². The highest BCUT2D eigenvalue weighted by molar-refractivity contribution is 6.30. The van der Waals surface area contributed by atoms with Crippen molar-refractivity contribution in [3.63, 3.8) is 0 Å². The summed E-state index contributed by atoms with van der Waals surface area (Å²) < 4.78 is 5.61. The molecular formula is C18H21ClN3O3+. The normalized spacial score (nSPS) is 11.6. The van der Waals surface area contributed by atoms with Crippen LogP contribution in [0.1, 0.15) is 10.4 Å². The minimum absolute atomic E-state index is 0.115. The van der Waals surface area contributed by atoms with Gasteiger partial charge in [0.2, 0.25) is 5.91 Å². The number of nitrogens with one attached hydrogen (secondary N) is 2. The standard InChI is InChI=1S/C18H20ClN3O3/c1-22(10-11-25-16-8-4-14(19)5-9-16)12-17(23)21-15-6-2-13(3-7-15)18(20)24/h2-9H,10-12H2,1H3,(H2,20,24)(H,21,23)/p+1. The smallest absolute Gasteiger partial charge is 0.279 e. The van der Waals surface area contributed by atoms with E-state index in [-0.39, 0.29) is 5.91 Å². The minimum atomic E-state index is -0.497. The molecule has 0 aromatic heterocycles. The third kappa shape index (κ3) is 6.45. The van der Waals surface area contributed by atoms with E-state index in [1.807, 2.05) is 7.05 Å². The molecule has 6 nitrogen and oxygen atoms in total. The maximum absolute atomic E-state index is 12.0. The number of primary amides is 1. The van der Waals surface area contributed by atoms with Crippen LogP contribution in [0.15, 0.2) is 48.5 Å². The molecule has 7 heteroatoms. The van der Waals surface area contributed by atoms with Gasteiger partial charge in [0.15, 0.2) is 6.54 Å². The number of halogens is 1. The molecule has 0 aliphatic carbocycles. The van der Waals surface area contributed by atoms with Gasteiger partial charge in [0.1, 0.15) is 18.9 Å². The second-order valence-corrected chi connectivity index (χ2v) is 6.11. The van der Waals surface area contributed by atoms with Crippen molar-refractivity contribution in [3.8, 4) is 5.75 Å². The maximum Gasteiger partial charge on any atom is 0.279 e. The third-order valence-corrected chi connectivity index (χ3v) is 3.78. The number of anilines is 1. The molecule has 2 aromatic rings. The zero-order valence-corrected chi connectivity index (χ0v) is 14.7. The Hall–Kier alpha value is -2.57. The van der Waals surface area contributed by atoms with Crippen LogP contribution in [0, 0.1) is 0 Å². The number of benzene rings is 2. The number of amides is 2. The monoisotopic (exact) mass is 362 g/mol. The molecule has 0 aliphatic heterocycles. The van der Waals surface area contributed by atoms with Crippen LogP contribution in [0.25, 0.3) is 0 Å². The van der Waals surface area contributed by atoms with Crippen molar-refractivity contribution < 1.29 is 19.2 Å².